The van der Waals surface area contributed by atoms with E-state index in [0.717, 1.165) is 34.1 Å². The van der Waals surface area contributed by atoms with Gasteiger partial charge < -0.3 is 19.8 Å². The minimum Gasteiger partial charge on any atom is -0.361 e. The Morgan fingerprint density at radius 3 is 2.58 bits per heavy atom. The summed E-state index contributed by atoms with van der Waals surface area (Å²) in [5.41, 5.74) is 4.32. The molecule has 2 aliphatic heterocycles. The number of piperazine rings is 1. The first kappa shape index (κ1) is 18.2. The quantitative estimate of drug-likeness (QED) is 0.542. The monoisotopic (exact) mass is 412 g/mol. The number of carbonyl (C=O) groups excluding carboxylic acids is 2. The summed E-state index contributed by atoms with van der Waals surface area (Å²) < 4.78 is 0. The number of aromatic nitrogens is 2. The SMILES string of the molecule is C[C@]12C(=O)N(CCc3c[nH]c4ccccc34)CC(=O)N1CCc1c2[nH]c2ccccc12. The van der Waals surface area contributed by atoms with Crippen molar-refractivity contribution < 1.29 is 9.59 Å². The molecule has 2 aromatic carbocycles. The Morgan fingerprint density at radius 1 is 1.00 bits per heavy atom. The molecule has 156 valence electrons. The smallest absolute Gasteiger partial charge is 0.254 e. The summed E-state index contributed by atoms with van der Waals surface area (Å²) >= 11 is 0. The number of nitrogens with zero attached hydrogens (tertiary/aromatic N) is 2. The fourth-order valence-corrected chi connectivity index (χ4v) is 5.46. The maximum atomic E-state index is 13.8. The van der Waals surface area contributed by atoms with Crippen LogP contribution in [0.25, 0.3) is 21.8 Å². The van der Waals surface area contributed by atoms with E-state index < -0.39 is 5.54 Å². The molecule has 0 saturated carbocycles. The van der Waals surface area contributed by atoms with Gasteiger partial charge in [-0.15, -0.1) is 0 Å². The van der Waals surface area contributed by atoms with Gasteiger partial charge in [0.2, 0.25) is 5.91 Å². The lowest BCUT2D eigenvalue weighted by atomic mass is 9.83. The van der Waals surface area contributed by atoms with Gasteiger partial charge in [0.25, 0.3) is 5.91 Å². The van der Waals surface area contributed by atoms with Crippen molar-refractivity contribution in [1.82, 2.24) is 19.8 Å². The van der Waals surface area contributed by atoms with Crippen LogP contribution in [0, 0.1) is 0 Å². The highest BCUT2D eigenvalue weighted by Crippen LogP contribution is 2.41. The molecule has 0 spiro atoms. The number of carbonyl (C=O) groups is 2. The third-order valence-corrected chi connectivity index (χ3v) is 7.08. The second-order valence-corrected chi connectivity index (χ2v) is 8.73. The van der Waals surface area contributed by atoms with E-state index in [1.165, 1.54) is 10.9 Å². The van der Waals surface area contributed by atoms with Crippen molar-refractivity contribution >= 4 is 33.6 Å². The van der Waals surface area contributed by atoms with Crippen molar-refractivity contribution in [3.8, 4) is 0 Å². The molecule has 31 heavy (non-hydrogen) atoms. The summed E-state index contributed by atoms with van der Waals surface area (Å²) in [6.07, 6.45) is 3.48. The van der Waals surface area contributed by atoms with Crippen molar-refractivity contribution in [3.63, 3.8) is 0 Å². The molecule has 2 aromatic heterocycles. The first-order valence-corrected chi connectivity index (χ1v) is 10.8. The lowest BCUT2D eigenvalue weighted by Gasteiger charge is -2.49. The normalized spacial score (nSPS) is 21.1. The number of aromatic amines is 2. The molecular formula is C25H24N4O2. The third kappa shape index (κ3) is 2.51. The fraction of sp³-hybridized carbons (Fsp3) is 0.280. The van der Waals surface area contributed by atoms with Crippen LogP contribution >= 0.6 is 0 Å². The first-order chi connectivity index (χ1) is 15.1. The average Bonchev–Trinajstić information content (AvgIpc) is 3.37. The van der Waals surface area contributed by atoms with Crippen LogP contribution in [0.2, 0.25) is 0 Å². The van der Waals surface area contributed by atoms with Gasteiger partial charge >= 0.3 is 0 Å². The van der Waals surface area contributed by atoms with Crippen LogP contribution in [0.5, 0.6) is 0 Å². The van der Waals surface area contributed by atoms with Crippen LogP contribution in [0.3, 0.4) is 0 Å². The van der Waals surface area contributed by atoms with E-state index in [1.807, 2.05) is 49.5 Å². The minimum absolute atomic E-state index is 0.000512. The van der Waals surface area contributed by atoms with Crippen LogP contribution in [0.15, 0.2) is 54.7 Å². The first-order valence-electron chi connectivity index (χ1n) is 10.8. The zero-order chi connectivity index (χ0) is 21.2. The number of amides is 2. The van der Waals surface area contributed by atoms with Gasteiger partial charge in [-0.25, -0.2) is 0 Å². The Labute approximate surface area is 179 Å². The summed E-state index contributed by atoms with van der Waals surface area (Å²) in [5, 5.41) is 2.32. The Hall–Kier alpha value is -3.54. The number of hydrogen-bond acceptors (Lipinski definition) is 2. The van der Waals surface area contributed by atoms with Crippen molar-refractivity contribution in [3.05, 3.63) is 71.5 Å². The van der Waals surface area contributed by atoms with Gasteiger partial charge in [-0.2, -0.15) is 0 Å². The van der Waals surface area contributed by atoms with Crippen LogP contribution in [0.4, 0.5) is 0 Å². The molecule has 2 amide bonds. The molecule has 1 saturated heterocycles. The van der Waals surface area contributed by atoms with Gasteiger partial charge in [-0.1, -0.05) is 36.4 Å². The van der Waals surface area contributed by atoms with Crippen molar-refractivity contribution in [1.29, 1.82) is 0 Å². The summed E-state index contributed by atoms with van der Waals surface area (Å²) in [7, 11) is 0. The summed E-state index contributed by atoms with van der Waals surface area (Å²) in [4.78, 5) is 37.2. The van der Waals surface area contributed by atoms with E-state index in [9.17, 15) is 9.59 Å². The van der Waals surface area contributed by atoms with Crippen LogP contribution in [0.1, 0.15) is 23.7 Å². The van der Waals surface area contributed by atoms with Gasteiger partial charge in [-0.3, -0.25) is 9.59 Å². The molecule has 1 fully saturated rings. The summed E-state index contributed by atoms with van der Waals surface area (Å²) in [6, 6.07) is 16.3. The Balaban J connectivity index is 1.35. The Kier molecular flexibility index (Phi) is 3.81. The molecule has 6 nitrogen and oxygen atoms in total. The van der Waals surface area contributed by atoms with Crippen LogP contribution in [-0.2, 0) is 28.0 Å². The third-order valence-electron chi connectivity index (χ3n) is 7.08. The highest BCUT2D eigenvalue weighted by molar-refractivity contribution is 6.00. The lowest BCUT2D eigenvalue weighted by molar-refractivity contribution is -0.165. The second-order valence-electron chi connectivity index (χ2n) is 8.73. The topological polar surface area (TPSA) is 72.2 Å². The average molecular weight is 412 g/mol. The van der Waals surface area contributed by atoms with Gasteiger partial charge in [-0.05, 0) is 43.0 Å². The molecule has 0 radical (unpaired) electrons. The number of benzene rings is 2. The molecule has 0 aliphatic carbocycles. The van der Waals surface area contributed by atoms with E-state index in [1.54, 1.807) is 9.80 Å². The van der Waals surface area contributed by atoms with Crippen LogP contribution < -0.4 is 0 Å². The number of hydrogen-bond donors (Lipinski definition) is 2. The zero-order valence-electron chi connectivity index (χ0n) is 17.4. The number of para-hydroxylation sites is 2. The predicted octanol–water partition coefficient (Wildman–Crippen LogP) is 3.33. The Bertz CT molecular complexity index is 1350. The highest BCUT2D eigenvalue weighted by Gasteiger charge is 2.53. The molecule has 0 bridgehead atoms. The van der Waals surface area contributed by atoms with E-state index >= 15 is 0 Å². The maximum Gasteiger partial charge on any atom is 0.254 e. The molecule has 6 rings (SSSR count). The largest absolute Gasteiger partial charge is 0.361 e. The summed E-state index contributed by atoms with van der Waals surface area (Å²) in [6.45, 7) is 3.14. The minimum atomic E-state index is -0.984. The van der Waals surface area contributed by atoms with Gasteiger partial charge in [0, 0.05) is 41.1 Å². The molecule has 2 N–H and O–H groups in total. The standard InChI is InChI=1S/C25H24N4O2/c1-25-23-19(18-7-3-5-9-21(18)27-23)11-13-29(25)22(30)15-28(24(25)31)12-10-16-14-26-20-8-4-2-6-17(16)20/h2-9,14,26-27H,10-13,15H2,1H3/t25-/m0/s1. The second kappa shape index (κ2) is 6.48. The predicted molar refractivity (Wildman–Crippen MR) is 120 cm³/mol. The highest BCUT2D eigenvalue weighted by atomic mass is 16.2. The maximum absolute atomic E-state index is 13.8. The number of nitrogens with one attached hydrogen (secondary N) is 2. The zero-order valence-corrected chi connectivity index (χ0v) is 17.4. The molecule has 2 aliphatic rings. The molecule has 4 heterocycles. The van der Waals surface area contributed by atoms with E-state index in [-0.39, 0.29) is 18.4 Å². The van der Waals surface area contributed by atoms with E-state index in [4.69, 9.17) is 0 Å². The molecule has 4 aromatic rings. The van der Waals surface area contributed by atoms with E-state index in [2.05, 4.69) is 22.1 Å². The summed E-state index contributed by atoms with van der Waals surface area (Å²) in [5.74, 6) is 0.0183. The fourth-order valence-electron chi connectivity index (χ4n) is 5.46. The molecular weight excluding hydrogens is 388 g/mol. The lowest BCUT2D eigenvalue weighted by Crippen LogP contribution is -2.67. The van der Waals surface area contributed by atoms with E-state index in [0.29, 0.717) is 19.5 Å². The molecule has 6 heteroatoms. The van der Waals surface area contributed by atoms with Crippen molar-refractivity contribution in [2.75, 3.05) is 19.6 Å². The Morgan fingerprint density at radius 2 is 1.74 bits per heavy atom. The van der Waals surface area contributed by atoms with Crippen molar-refractivity contribution in [2.45, 2.75) is 25.3 Å². The number of rotatable bonds is 3. The number of fused-ring (bicyclic) bond motifs is 6. The van der Waals surface area contributed by atoms with Crippen molar-refractivity contribution in [2.24, 2.45) is 0 Å². The molecule has 1 atom stereocenters. The van der Waals surface area contributed by atoms with Crippen LogP contribution in [-0.4, -0.2) is 51.2 Å². The molecule has 0 unspecified atom stereocenters. The van der Waals surface area contributed by atoms with Gasteiger partial charge in [0.05, 0.1) is 12.2 Å². The van der Waals surface area contributed by atoms with Gasteiger partial charge in [0.1, 0.15) is 0 Å². The van der Waals surface area contributed by atoms with Gasteiger partial charge in [0.15, 0.2) is 5.54 Å². The number of H-pyrrole nitrogens is 2.